The monoisotopic (exact) mass is 1740 g/mol. The number of sulfonamides is 2. The predicted octanol–water partition coefficient (Wildman–Crippen LogP) is 15.0. The standard InChI is InChI=1S/C88H128Cl4N8O15S2/c1-61(2)14-8-15-62(3)79-25-26-80-72-24-23-65-52-69(27-29-87(65,4)81(72)28-30-88(79,80)5)115-84(102)22-13-39-110-44-46-112-41-33-95-86(104)100(36-11-18-68(101)19-12-38-109-45-47-113-42-34-96-116(105,106)70-20-9-16-63(50-70)75-57-98(6)59-77-73(75)53-66(89)55-82(77)91)37-31-93-85(103)94-32-40-111-48-49-114-43-35-97-117(107,108)71-21-10-17-64(51-71)76-58-99(7)60-78-74(76)54-67(90)56-83(78)92/h9-10,16-17,20-21,23,50-51,53-56,61-62,69,72,75-76,79-81,96-97H,8,11-15,18-19,22,24-49,52,57-60H2,1-7H3,(H,95,104)(H2,93,94,103)/t62-,69+,72+,75+,76+,79-,80+,81+,87+,88-/m1/s1. The van der Waals surface area contributed by atoms with Crippen LogP contribution in [0.25, 0.3) is 0 Å². The molecule has 3 saturated carbocycles. The zero-order valence-electron chi connectivity index (χ0n) is 69.8. The summed E-state index contributed by atoms with van der Waals surface area (Å²) in [4.78, 5) is 58.8. The summed E-state index contributed by atoms with van der Waals surface area (Å²) in [5, 5.41) is 10.6. The number of carbonyl (C=O) groups is 4. The maximum Gasteiger partial charge on any atom is 0.317 e. The number of urea groups is 2. The number of likely N-dealkylation sites (N-methyl/N-ethyl adjacent to an activating group) is 2. The van der Waals surface area contributed by atoms with E-state index in [1.807, 2.05) is 38.4 Å². The minimum Gasteiger partial charge on any atom is -0.462 e. The fourth-order valence-electron chi connectivity index (χ4n) is 19.2. The van der Waals surface area contributed by atoms with E-state index in [2.05, 4.69) is 75.9 Å². The molecular weight excluding hydrogens is 1610 g/mol. The van der Waals surface area contributed by atoms with Gasteiger partial charge in [0.05, 0.1) is 75.9 Å². The number of ketones is 1. The number of ether oxygens (including phenoxy) is 7. The highest BCUT2D eigenvalue weighted by atomic mass is 35.5. The lowest BCUT2D eigenvalue weighted by Gasteiger charge is -2.58. The van der Waals surface area contributed by atoms with Crippen LogP contribution in [0.1, 0.15) is 189 Å². The van der Waals surface area contributed by atoms with Crippen molar-refractivity contribution in [2.45, 2.75) is 185 Å². The van der Waals surface area contributed by atoms with Gasteiger partial charge in [-0.3, -0.25) is 9.59 Å². The van der Waals surface area contributed by atoms with E-state index in [1.165, 1.54) is 56.9 Å². The zero-order valence-corrected chi connectivity index (χ0v) is 74.4. The number of carbonyl (C=O) groups excluding carboxylic acids is 4. The summed E-state index contributed by atoms with van der Waals surface area (Å²) in [6.45, 7) is 18.9. The van der Waals surface area contributed by atoms with Crippen LogP contribution in [0.15, 0.2) is 94.2 Å². The Balaban J connectivity index is 0.582. The molecule has 5 N–H and O–H groups in total. The van der Waals surface area contributed by atoms with Crippen LogP contribution in [0.2, 0.25) is 20.1 Å². The maximum absolute atomic E-state index is 13.6. The molecule has 23 nitrogen and oxygen atoms in total. The van der Waals surface area contributed by atoms with Gasteiger partial charge >= 0.3 is 18.0 Å². The summed E-state index contributed by atoms with van der Waals surface area (Å²) in [5.74, 6) is 4.30. The number of halogens is 4. The van der Waals surface area contributed by atoms with Crippen molar-refractivity contribution in [3.8, 4) is 0 Å². The smallest absolute Gasteiger partial charge is 0.317 e. The lowest BCUT2D eigenvalue weighted by Crippen LogP contribution is -2.51. The first kappa shape index (κ1) is 94.2. The van der Waals surface area contributed by atoms with Gasteiger partial charge < -0.3 is 63.8 Å². The Morgan fingerprint density at radius 1 is 0.556 bits per heavy atom. The van der Waals surface area contributed by atoms with Crippen LogP contribution in [-0.2, 0) is 75.9 Å². The molecule has 4 aliphatic carbocycles. The number of amides is 4. The van der Waals surface area contributed by atoms with Gasteiger partial charge in [0.2, 0.25) is 20.0 Å². The summed E-state index contributed by atoms with van der Waals surface area (Å²) in [6, 6.07) is 20.2. The van der Waals surface area contributed by atoms with E-state index in [4.69, 9.17) is 79.6 Å². The normalized spacial score (nSPS) is 22.9. The van der Waals surface area contributed by atoms with Crippen LogP contribution in [0.5, 0.6) is 0 Å². The quantitative estimate of drug-likeness (QED) is 0.0156. The largest absolute Gasteiger partial charge is 0.462 e. The molecule has 0 bridgehead atoms. The maximum atomic E-state index is 13.6. The van der Waals surface area contributed by atoms with Crippen LogP contribution >= 0.6 is 46.4 Å². The Kier molecular flexibility index (Phi) is 37.0. The molecule has 0 saturated heterocycles. The van der Waals surface area contributed by atoms with Crippen molar-refractivity contribution in [1.82, 2.24) is 40.1 Å². The third kappa shape index (κ3) is 27.2. The minimum absolute atomic E-state index is 0.0106. The van der Waals surface area contributed by atoms with Gasteiger partial charge in [0.1, 0.15) is 11.9 Å². The number of nitrogens with zero attached hydrogens (tertiary/aromatic N) is 3. The van der Waals surface area contributed by atoms with E-state index in [9.17, 15) is 36.0 Å². The summed E-state index contributed by atoms with van der Waals surface area (Å²) < 4.78 is 99.1. The number of esters is 1. The fraction of sp³-hybridized carbons (Fsp3) is 0.659. The van der Waals surface area contributed by atoms with Gasteiger partial charge in [-0.25, -0.2) is 35.9 Å². The number of hydrogen-bond donors (Lipinski definition) is 5. The van der Waals surface area contributed by atoms with Crippen molar-refractivity contribution in [1.29, 1.82) is 0 Å². The number of nitrogens with one attached hydrogen (secondary N) is 5. The van der Waals surface area contributed by atoms with E-state index >= 15 is 0 Å². The van der Waals surface area contributed by atoms with E-state index in [1.54, 1.807) is 53.4 Å². The first-order valence-corrected chi connectivity index (χ1v) is 47.0. The molecule has 29 heteroatoms. The van der Waals surface area contributed by atoms with Gasteiger partial charge in [-0.2, -0.15) is 0 Å². The summed E-state index contributed by atoms with van der Waals surface area (Å²) in [6.07, 6.45) is 18.2. The molecule has 4 aromatic carbocycles. The van der Waals surface area contributed by atoms with Crippen LogP contribution in [0.4, 0.5) is 9.59 Å². The molecule has 650 valence electrons. The van der Waals surface area contributed by atoms with E-state index < -0.39 is 26.1 Å². The summed E-state index contributed by atoms with van der Waals surface area (Å²) in [7, 11) is -3.71. The van der Waals surface area contributed by atoms with Crippen molar-refractivity contribution < 1.29 is 69.2 Å². The number of fused-ring (bicyclic) bond motifs is 7. The Labute approximate surface area is 715 Å². The molecule has 0 unspecified atom stereocenters. The van der Waals surface area contributed by atoms with Gasteiger partial charge in [0, 0.05) is 143 Å². The van der Waals surface area contributed by atoms with Crippen molar-refractivity contribution >= 4 is 90.3 Å². The molecule has 4 amide bonds. The van der Waals surface area contributed by atoms with E-state index in [0.717, 1.165) is 88.2 Å². The Hall–Kier alpha value is -5.04. The molecule has 2 heterocycles. The third-order valence-electron chi connectivity index (χ3n) is 25.2. The number of Topliss-reactive ketones (excluding diaryl/α,β-unsaturated/α-hetero) is 1. The number of allylic oxidation sites excluding steroid dienone is 1. The highest BCUT2D eigenvalue weighted by molar-refractivity contribution is 7.89. The minimum atomic E-state index is -3.86. The molecule has 4 aromatic rings. The first-order chi connectivity index (χ1) is 56.1. The molecule has 10 atom stereocenters. The molecule has 0 aromatic heterocycles. The molecular formula is C88H128Cl4N8O15S2. The van der Waals surface area contributed by atoms with Crippen molar-refractivity contribution in [3.05, 3.63) is 138 Å². The SMILES string of the molecule is CC(C)CCC[C@@H](C)[C@H]1CC[C@H]2[C@@H]3CC=C4C[C@@H](OC(=O)CCCOCCOCCNC(=O)N(CCCC(=O)CCCOCCOCCNS(=O)(=O)c5cccc([C@@H]6CN(C)Cc7c(Cl)cc(Cl)cc76)c5)CCNC(=O)NCCOCCOCCNS(=O)(=O)c5cccc([C@@H]6CN(C)Cc7c(Cl)cc(Cl)cc76)c5)CC[C@]4(C)[C@H]3CC[C@]12C. The molecule has 0 spiro atoms. The summed E-state index contributed by atoms with van der Waals surface area (Å²) >= 11 is 25.9. The molecule has 117 heavy (non-hydrogen) atoms. The van der Waals surface area contributed by atoms with Crippen LogP contribution < -0.4 is 25.4 Å². The Morgan fingerprint density at radius 2 is 1.08 bits per heavy atom. The first-order valence-electron chi connectivity index (χ1n) is 42.6. The summed E-state index contributed by atoms with van der Waals surface area (Å²) in [5.41, 5.74) is 7.76. The molecule has 3 fully saturated rings. The van der Waals surface area contributed by atoms with Crippen molar-refractivity contribution in [3.63, 3.8) is 0 Å². The number of hydrogen-bond acceptors (Lipinski definition) is 17. The van der Waals surface area contributed by atoms with Gasteiger partial charge in [-0.1, -0.05) is 136 Å². The second-order valence-electron chi connectivity index (χ2n) is 33.9. The third-order valence-corrected chi connectivity index (χ3v) is 29.2. The Bertz CT molecular complexity index is 4000. The van der Waals surface area contributed by atoms with Gasteiger partial charge in [-0.15, -0.1) is 0 Å². The van der Waals surface area contributed by atoms with Crippen LogP contribution in [0.3, 0.4) is 0 Å². The molecule has 10 rings (SSSR count). The zero-order chi connectivity index (χ0) is 83.7. The lowest BCUT2D eigenvalue weighted by molar-refractivity contribution is -0.152. The molecule has 6 aliphatic rings. The predicted molar refractivity (Wildman–Crippen MR) is 459 cm³/mol. The molecule has 0 radical (unpaired) electrons. The van der Waals surface area contributed by atoms with Gasteiger partial charge in [0.25, 0.3) is 0 Å². The van der Waals surface area contributed by atoms with E-state index in [-0.39, 0.29) is 169 Å². The second-order valence-corrected chi connectivity index (χ2v) is 39.1. The van der Waals surface area contributed by atoms with Crippen molar-refractivity contribution in [2.75, 3.05) is 152 Å². The number of benzene rings is 4. The lowest BCUT2D eigenvalue weighted by atomic mass is 9.47. The molecule has 2 aliphatic heterocycles. The highest BCUT2D eigenvalue weighted by Crippen LogP contribution is 2.67. The topological polar surface area (TPSA) is 271 Å². The van der Waals surface area contributed by atoms with Crippen molar-refractivity contribution in [2.24, 2.45) is 46.3 Å². The average Bonchev–Trinajstić information content (AvgIpc) is 1.66. The average molecular weight is 1740 g/mol. The van der Waals surface area contributed by atoms with Crippen LogP contribution in [-0.4, -0.2) is 214 Å². The van der Waals surface area contributed by atoms with Gasteiger partial charge in [0.15, 0.2) is 0 Å². The van der Waals surface area contributed by atoms with Crippen LogP contribution in [0, 0.1) is 46.3 Å². The Morgan fingerprint density at radius 3 is 1.64 bits per heavy atom. The second kappa shape index (κ2) is 45.9. The highest BCUT2D eigenvalue weighted by Gasteiger charge is 2.59. The fourth-order valence-corrected chi connectivity index (χ4v) is 22.5. The van der Waals surface area contributed by atoms with E-state index in [0.29, 0.717) is 97.4 Å². The van der Waals surface area contributed by atoms with Gasteiger partial charge in [-0.05, 0) is 207 Å². The number of rotatable bonds is 48.